The lowest BCUT2D eigenvalue weighted by molar-refractivity contribution is -0.132. The lowest BCUT2D eigenvalue weighted by Gasteiger charge is -2.32. The van der Waals surface area contributed by atoms with E-state index < -0.39 is 0 Å². The van der Waals surface area contributed by atoms with Crippen LogP contribution >= 0.6 is 0 Å². The van der Waals surface area contributed by atoms with Crippen LogP contribution in [0.4, 0.5) is 0 Å². The third-order valence-electron chi connectivity index (χ3n) is 5.41. The molecule has 1 saturated heterocycles. The van der Waals surface area contributed by atoms with E-state index in [1.165, 1.54) is 11.8 Å². The first-order valence-corrected chi connectivity index (χ1v) is 10.5. The maximum Gasteiger partial charge on any atom is 0.286 e. The van der Waals surface area contributed by atoms with E-state index in [-0.39, 0.29) is 17.6 Å². The van der Waals surface area contributed by atoms with Gasteiger partial charge in [-0.1, -0.05) is 12.1 Å². The molecular formula is C23H30N2O4. The van der Waals surface area contributed by atoms with E-state index in [2.05, 4.69) is 17.4 Å². The first-order chi connectivity index (χ1) is 14.2. The largest absolute Gasteiger partial charge is 0.494 e. The van der Waals surface area contributed by atoms with E-state index in [4.69, 9.17) is 9.15 Å². The van der Waals surface area contributed by atoms with Crippen LogP contribution in [0.3, 0.4) is 0 Å². The van der Waals surface area contributed by atoms with Gasteiger partial charge in [0.2, 0.25) is 5.91 Å². The van der Waals surface area contributed by atoms with Crippen molar-refractivity contribution in [3.63, 3.8) is 0 Å². The first-order valence-electron chi connectivity index (χ1n) is 10.5. The van der Waals surface area contributed by atoms with E-state index in [0.29, 0.717) is 25.5 Å². The molecule has 6 heteroatoms. The molecule has 1 fully saturated rings. The predicted molar refractivity (Wildman–Crippen MR) is 111 cm³/mol. The van der Waals surface area contributed by atoms with E-state index in [1.807, 2.05) is 24.0 Å². The summed E-state index contributed by atoms with van der Waals surface area (Å²) in [6.45, 7) is 4.61. The molecule has 1 aliphatic rings. The molecule has 156 valence electrons. The fourth-order valence-corrected chi connectivity index (χ4v) is 3.70. The lowest BCUT2D eigenvalue weighted by atomic mass is 9.90. The van der Waals surface area contributed by atoms with Crippen molar-refractivity contribution in [3.8, 4) is 5.75 Å². The molecule has 0 radical (unpaired) electrons. The number of aryl methyl sites for hydroxylation is 1. The number of nitrogens with one attached hydrogen (secondary N) is 1. The zero-order valence-electron chi connectivity index (χ0n) is 17.1. The highest BCUT2D eigenvalue weighted by Gasteiger charge is 2.22. The Morgan fingerprint density at radius 1 is 1.17 bits per heavy atom. The number of likely N-dealkylation sites (tertiary alicyclic amines) is 1. The van der Waals surface area contributed by atoms with Crippen molar-refractivity contribution in [2.24, 2.45) is 5.92 Å². The Labute approximate surface area is 172 Å². The molecule has 2 heterocycles. The number of nitrogens with zero attached hydrogens (tertiary/aromatic N) is 1. The lowest BCUT2D eigenvalue weighted by Crippen LogP contribution is -2.40. The normalized spacial score (nSPS) is 14.6. The number of rotatable bonds is 9. The highest BCUT2D eigenvalue weighted by molar-refractivity contribution is 5.91. The second-order valence-electron chi connectivity index (χ2n) is 7.42. The molecule has 0 bridgehead atoms. The fourth-order valence-electron chi connectivity index (χ4n) is 3.70. The molecule has 1 aliphatic heterocycles. The number of hydrogen-bond acceptors (Lipinski definition) is 4. The smallest absolute Gasteiger partial charge is 0.286 e. The van der Waals surface area contributed by atoms with E-state index in [1.54, 1.807) is 12.1 Å². The second kappa shape index (κ2) is 10.7. The first kappa shape index (κ1) is 21.0. The Morgan fingerprint density at radius 3 is 2.59 bits per heavy atom. The van der Waals surface area contributed by atoms with Gasteiger partial charge in [-0.25, -0.2) is 0 Å². The highest BCUT2D eigenvalue weighted by Crippen LogP contribution is 2.23. The Hall–Kier alpha value is -2.76. The minimum absolute atomic E-state index is 0.106. The average Bonchev–Trinajstić information content (AvgIpc) is 3.29. The van der Waals surface area contributed by atoms with Crippen LogP contribution in [0.1, 0.15) is 48.7 Å². The standard InChI is InChI=1S/C23H30N2O4/c1-2-28-20-9-7-18(8-10-20)5-6-19-12-15-25(16-13-19)22(26)11-14-24-23(27)21-4-3-17-29-21/h3-4,7-10,17,19H,2,5-6,11-16H2,1H3,(H,24,27). The summed E-state index contributed by atoms with van der Waals surface area (Å²) < 4.78 is 10.5. The van der Waals surface area contributed by atoms with Gasteiger partial charge >= 0.3 is 0 Å². The van der Waals surface area contributed by atoms with Gasteiger partial charge in [-0.15, -0.1) is 0 Å². The molecule has 0 unspecified atom stereocenters. The third kappa shape index (κ3) is 6.38. The van der Waals surface area contributed by atoms with Crippen molar-refractivity contribution in [3.05, 3.63) is 54.0 Å². The average molecular weight is 399 g/mol. The third-order valence-corrected chi connectivity index (χ3v) is 5.41. The summed E-state index contributed by atoms with van der Waals surface area (Å²) in [5.41, 5.74) is 1.33. The van der Waals surface area contributed by atoms with Gasteiger partial charge in [-0.05, 0) is 68.4 Å². The molecule has 2 aromatic rings. The van der Waals surface area contributed by atoms with E-state index >= 15 is 0 Å². The molecule has 2 amide bonds. The molecule has 0 saturated carbocycles. The van der Waals surface area contributed by atoms with Crippen molar-refractivity contribution < 1.29 is 18.7 Å². The Morgan fingerprint density at radius 2 is 1.93 bits per heavy atom. The summed E-state index contributed by atoms with van der Waals surface area (Å²) in [6.07, 6.45) is 6.07. The summed E-state index contributed by atoms with van der Waals surface area (Å²) in [4.78, 5) is 26.1. The molecule has 0 spiro atoms. The van der Waals surface area contributed by atoms with Gasteiger partial charge in [-0.2, -0.15) is 0 Å². The van der Waals surface area contributed by atoms with Gasteiger partial charge < -0.3 is 19.4 Å². The van der Waals surface area contributed by atoms with Crippen LogP contribution in [0.15, 0.2) is 47.1 Å². The number of ether oxygens (including phenoxy) is 1. The summed E-state index contributed by atoms with van der Waals surface area (Å²) in [7, 11) is 0. The zero-order chi connectivity index (χ0) is 20.5. The Kier molecular flexibility index (Phi) is 7.73. The molecule has 3 rings (SSSR count). The molecule has 0 atom stereocenters. The van der Waals surface area contributed by atoms with Crippen LogP contribution in [0.2, 0.25) is 0 Å². The maximum absolute atomic E-state index is 12.4. The maximum atomic E-state index is 12.4. The number of furan rings is 1. The Balaban J connectivity index is 1.32. The van der Waals surface area contributed by atoms with Gasteiger partial charge in [0.1, 0.15) is 5.75 Å². The van der Waals surface area contributed by atoms with Crippen molar-refractivity contribution in [1.82, 2.24) is 10.2 Å². The summed E-state index contributed by atoms with van der Waals surface area (Å²) >= 11 is 0. The molecule has 6 nitrogen and oxygen atoms in total. The molecule has 1 aromatic carbocycles. The molecule has 1 aromatic heterocycles. The van der Waals surface area contributed by atoms with Crippen LogP contribution in [0, 0.1) is 5.92 Å². The van der Waals surface area contributed by atoms with Gasteiger partial charge in [-0.3, -0.25) is 9.59 Å². The minimum Gasteiger partial charge on any atom is -0.494 e. The highest BCUT2D eigenvalue weighted by atomic mass is 16.5. The van der Waals surface area contributed by atoms with Gasteiger partial charge in [0.05, 0.1) is 12.9 Å². The number of carbonyl (C=O) groups is 2. The van der Waals surface area contributed by atoms with Crippen LogP contribution in [-0.2, 0) is 11.2 Å². The van der Waals surface area contributed by atoms with E-state index in [0.717, 1.165) is 44.5 Å². The van der Waals surface area contributed by atoms with Crippen molar-refractivity contribution in [2.45, 2.75) is 39.0 Å². The summed E-state index contributed by atoms with van der Waals surface area (Å²) in [5, 5.41) is 2.73. The van der Waals surface area contributed by atoms with Gasteiger partial charge in [0.25, 0.3) is 5.91 Å². The number of benzene rings is 1. The summed E-state index contributed by atoms with van der Waals surface area (Å²) in [6, 6.07) is 11.6. The van der Waals surface area contributed by atoms with Crippen molar-refractivity contribution in [2.75, 3.05) is 26.2 Å². The summed E-state index contributed by atoms with van der Waals surface area (Å²) in [5.74, 6) is 1.67. The minimum atomic E-state index is -0.282. The number of hydrogen-bond donors (Lipinski definition) is 1. The quantitative estimate of drug-likeness (QED) is 0.700. The SMILES string of the molecule is CCOc1ccc(CCC2CCN(C(=O)CCNC(=O)c3ccco3)CC2)cc1. The van der Waals surface area contributed by atoms with Crippen molar-refractivity contribution in [1.29, 1.82) is 0 Å². The van der Waals surface area contributed by atoms with Crippen LogP contribution < -0.4 is 10.1 Å². The van der Waals surface area contributed by atoms with Gasteiger partial charge in [0, 0.05) is 26.1 Å². The predicted octanol–water partition coefficient (Wildman–Crippen LogP) is 3.67. The monoisotopic (exact) mass is 398 g/mol. The molecular weight excluding hydrogens is 368 g/mol. The number of amides is 2. The zero-order valence-corrected chi connectivity index (χ0v) is 17.1. The van der Waals surface area contributed by atoms with Crippen LogP contribution in [0.5, 0.6) is 5.75 Å². The number of piperidine rings is 1. The number of carbonyl (C=O) groups excluding carboxylic acids is 2. The second-order valence-corrected chi connectivity index (χ2v) is 7.42. The fraction of sp³-hybridized carbons (Fsp3) is 0.478. The Bertz CT molecular complexity index is 763. The van der Waals surface area contributed by atoms with Crippen LogP contribution in [-0.4, -0.2) is 43.0 Å². The molecule has 0 aliphatic carbocycles. The van der Waals surface area contributed by atoms with E-state index in [9.17, 15) is 9.59 Å². The molecule has 1 N–H and O–H groups in total. The van der Waals surface area contributed by atoms with Crippen molar-refractivity contribution >= 4 is 11.8 Å². The molecule has 29 heavy (non-hydrogen) atoms. The van der Waals surface area contributed by atoms with Crippen LogP contribution in [0.25, 0.3) is 0 Å². The topological polar surface area (TPSA) is 71.8 Å². The van der Waals surface area contributed by atoms with Gasteiger partial charge in [0.15, 0.2) is 5.76 Å².